The predicted octanol–water partition coefficient (Wildman–Crippen LogP) is 2.40. The van der Waals surface area contributed by atoms with Gasteiger partial charge >= 0.3 is 0 Å². The number of hydrogen-bond donors (Lipinski definition) is 2. The van der Waals surface area contributed by atoms with E-state index in [-0.39, 0.29) is 11.6 Å². The van der Waals surface area contributed by atoms with E-state index in [0.29, 0.717) is 22.4 Å². The van der Waals surface area contributed by atoms with Crippen molar-refractivity contribution in [1.82, 2.24) is 30.4 Å². The van der Waals surface area contributed by atoms with E-state index in [1.54, 1.807) is 24.3 Å². The van der Waals surface area contributed by atoms with Gasteiger partial charge in [-0.25, -0.2) is 13.9 Å². The summed E-state index contributed by atoms with van der Waals surface area (Å²) in [5.41, 5.74) is 1.70. The Morgan fingerprint density at radius 1 is 1.04 bits per heavy atom. The van der Waals surface area contributed by atoms with Crippen LogP contribution in [-0.2, 0) is 0 Å². The molecule has 5 rings (SSSR count). The van der Waals surface area contributed by atoms with Crippen molar-refractivity contribution in [1.29, 1.82) is 0 Å². The van der Waals surface area contributed by atoms with Crippen molar-refractivity contribution in [3.8, 4) is 11.3 Å². The van der Waals surface area contributed by atoms with Crippen LogP contribution in [0.3, 0.4) is 0 Å². The smallest absolute Gasteiger partial charge is 0.288 e. The molecule has 1 atom stereocenters. The van der Waals surface area contributed by atoms with E-state index in [0.717, 1.165) is 0 Å². The van der Waals surface area contributed by atoms with Crippen molar-refractivity contribution in [2.24, 2.45) is 0 Å². The van der Waals surface area contributed by atoms with Crippen molar-refractivity contribution >= 4 is 11.6 Å². The van der Waals surface area contributed by atoms with E-state index < -0.39 is 23.2 Å². The SMILES string of the molecule is O=c1[nH]nc(-c2ccc(F)cc2)c2c1Nc1nnnn1[C@@H]2c1cccc(F)c1. The summed E-state index contributed by atoms with van der Waals surface area (Å²) in [6, 6.07) is 10.9. The number of halogens is 2. The molecular formula is C18H11F2N7O. The van der Waals surface area contributed by atoms with Crippen LogP contribution in [0, 0.1) is 11.6 Å². The lowest BCUT2D eigenvalue weighted by molar-refractivity contribution is 0.560. The molecule has 8 nitrogen and oxygen atoms in total. The molecule has 2 N–H and O–H groups in total. The normalized spacial score (nSPS) is 14.9. The van der Waals surface area contributed by atoms with Gasteiger partial charge in [-0.1, -0.05) is 17.2 Å². The van der Waals surface area contributed by atoms with Crippen molar-refractivity contribution in [2.45, 2.75) is 6.04 Å². The third-order valence-electron chi connectivity index (χ3n) is 4.55. The fraction of sp³-hybridized carbons (Fsp3) is 0.0556. The fourth-order valence-corrected chi connectivity index (χ4v) is 3.35. The maximum atomic E-state index is 13.9. The monoisotopic (exact) mass is 379 g/mol. The van der Waals surface area contributed by atoms with Crippen molar-refractivity contribution in [3.05, 3.63) is 81.6 Å². The molecule has 0 bridgehead atoms. The Hall–Kier alpha value is -3.95. The van der Waals surface area contributed by atoms with Gasteiger partial charge < -0.3 is 5.32 Å². The molecule has 0 spiro atoms. The Labute approximate surface area is 155 Å². The van der Waals surface area contributed by atoms with E-state index in [2.05, 4.69) is 31.0 Å². The average Bonchev–Trinajstić information content (AvgIpc) is 3.16. The molecule has 0 fully saturated rings. The van der Waals surface area contributed by atoms with E-state index in [1.807, 2.05) is 0 Å². The van der Waals surface area contributed by atoms with Gasteiger partial charge in [0.25, 0.3) is 5.56 Å². The number of anilines is 2. The van der Waals surface area contributed by atoms with Gasteiger partial charge in [0.2, 0.25) is 5.95 Å². The summed E-state index contributed by atoms with van der Waals surface area (Å²) in [5, 5.41) is 21.0. The summed E-state index contributed by atoms with van der Waals surface area (Å²) in [5.74, 6) is -0.596. The molecule has 1 aliphatic rings. The first kappa shape index (κ1) is 16.2. The molecule has 0 radical (unpaired) electrons. The zero-order valence-electron chi connectivity index (χ0n) is 14.1. The number of tetrazole rings is 1. The molecule has 0 saturated carbocycles. The molecule has 2 aromatic carbocycles. The zero-order valence-corrected chi connectivity index (χ0v) is 14.1. The molecule has 4 aromatic rings. The Morgan fingerprint density at radius 2 is 1.86 bits per heavy atom. The topological polar surface area (TPSA) is 101 Å². The number of H-pyrrole nitrogens is 1. The lowest BCUT2D eigenvalue weighted by Crippen LogP contribution is -2.29. The molecule has 0 unspecified atom stereocenters. The molecule has 3 heterocycles. The summed E-state index contributed by atoms with van der Waals surface area (Å²) in [6.07, 6.45) is 0. The second kappa shape index (κ2) is 6.05. The first-order valence-corrected chi connectivity index (χ1v) is 8.30. The number of nitrogens with zero attached hydrogens (tertiary/aromatic N) is 5. The van der Waals surface area contributed by atoms with Crippen LogP contribution in [0.2, 0.25) is 0 Å². The largest absolute Gasteiger partial charge is 0.318 e. The first-order valence-electron chi connectivity index (χ1n) is 8.30. The Bertz CT molecular complexity index is 1250. The number of rotatable bonds is 2. The maximum absolute atomic E-state index is 13.9. The number of fused-ring (bicyclic) bond motifs is 2. The lowest BCUT2D eigenvalue weighted by atomic mass is 9.92. The summed E-state index contributed by atoms with van der Waals surface area (Å²) >= 11 is 0. The van der Waals surface area contributed by atoms with Crippen LogP contribution in [0.15, 0.2) is 53.3 Å². The van der Waals surface area contributed by atoms with Gasteiger partial charge in [0.15, 0.2) is 0 Å². The number of nitrogens with one attached hydrogen (secondary N) is 2. The van der Waals surface area contributed by atoms with Gasteiger partial charge in [-0.05, 0) is 52.4 Å². The van der Waals surface area contributed by atoms with E-state index >= 15 is 0 Å². The second-order valence-electron chi connectivity index (χ2n) is 6.23. The summed E-state index contributed by atoms with van der Waals surface area (Å²) in [6.45, 7) is 0. The van der Waals surface area contributed by atoms with Gasteiger partial charge in [0.1, 0.15) is 23.4 Å². The fourth-order valence-electron chi connectivity index (χ4n) is 3.35. The Morgan fingerprint density at radius 3 is 2.64 bits per heavy atom. The highest BCUT2D eigenvalue weighted by atomic mass is 19.1. The van der Waals surface area contributed by atoms with Crippen molar-refractivity contribution in [3.63, 3.8) is 0 Å². The highest BCUT2D eigenvalue weighted by molar-refractivity contribution is 5.75. The van der Waals surface area contributed by atoms with Crippen LogP contribution in [0.25, 0.3) is 11.3 Å². The standard InChI is InChI=1S/C18H11F2N7O/c19-11-6-4-9(5-7-11)14-13-15(17(28)23-22-14)21-18-24-25-26-27(18)16(13)10-2-1-3-12(20)8-10/h1-8,16H,(H,23,28)(H,21,24,26)/t16-/m1/s1. The average molecular weight is 379 g/mol. The molecule has 0 aliphatic carbocycles. The van der Waals surface area contributed by atoms with E-state index in [4.69, 9.17) is 0 Å². The molecule has 10 heteroatoms. The highest BCUT2D eigenvalue weighted by Crippen LogP contribution is 2.40. The molecule has 1 aliphatic heterocycles. The van der Waals surface area contributed by atoms with Crippen LogP contribution in [0.5, 0.6) is 0 Å². The van der Waals surface area contributed by atoms with Crippen molar-refractivity contribution < 1.29 is 8.78 Å². The minimum atomic E-state index is -0.702. The lowest BCUT2D eigenvalue weighted by Gasteiger charge is -2.27. The number of aromatic nitrogens is 6. The molecule has 2 aromatic heterocycles. The quantitative estimate of drug-likeness (QED) is 0.488. The minimum Gasteiger partial charge on any atom is -0.318 e. The number of benzene rings is 2. The molecule has 0 saturated heterocycles. The van der Waals surface area contributed by atoms with Crippen LogP contribution in [0.1, 0.15) is 17.2 Å². The molecule has 0 amide bonds. The van der Waals surface area contributed by atoms with E-state index in [9.17, 15) is 13.6 Å². The summed E-state index contributed by atoms with van der Waals surface area (Å²) in [4.78, 5) is 12.5. The second-order valence-corrected chi connectivity index (χ2v) is 6.23. The van der Waals surface area contributed by atoms with Gasteiger partial charge in [-0.2, -0.15) is 9.78 Å². The number of aromatic amines is 1. The Kier molecular flexibility index (Phi) is 3.51. The van der Waals surface area contributed by atoms with Crippen LogP contribution in [0.4, 0.5) is 20.4 Å². The van der Waals surface area contributed by atoms with Crippen molar-refractivity contribution in [2.75, 3.05) is 5.32 Å². The third kappa shape index (κ3) is 2.46. The van der Waals surface area contributed by atoms with Gasteiger partial charge in [0, 0.05) is 11.1 Å². The molecule has 138 valence electrons. The first-order chi connectivity index (χ1) is 13.6. The Balaban J connectivity index is 1.82. The highest BCUT2D eigenvalue weighted by Gasteiger charge is 2.34. The molecule has 28 heavy (non-hydrogen) atoms. The predicted molar refractivity (Wildman–Crippen MR) is 95.0 cm³/mol. The van der Waals surface area contributed by atoms with E-state index in [1.165, 1.54) is 28.9 Å². The third-order valence-corrected chi connectivity index (χ3v) is 4.55. The summed E-state index contributed by atoms with van der Waals surface area (Å²) < 4.78 is 28.8. The van der Waals surface area contributed by atoms with Crippen LogP contribution in [-0.4, -0.2) is 30.4 Å². The van der Waals surface area contributed by atoms with Crippen LogP contribution < -0.4 is 10.9 Å². The minimum absolute atomic E-state index is 0.200. The maximum Gasteiger partial charge on any atom is 0.288 e. The summed E-state index contributed by atoms with van der Waals surface area (Å²) in [7, 11) is 0. The molecular weight excluding hydrogens is 368 g/mol. The number of hydrogen-bond acceptors (Lipinski definition) is 6. The van der Waals surface area contributed by atoms with Gasteiger partial charge in [0.05, 0.1) is 5.69 Å². The zero-order chi connectivity index (χ0) is 19.3. The van der Waals surface area contributed by atoms with Crippen LogP contribution >= 0.6 is 0 Å². The van der Waals surface area contributed by atoms with Gasteiger partial charge in [-0.15, -0.1) is 0 Å². The van der Waals surface area contributed by atoms with Gasteiger partial charge in [-0.3, -0.25) is 4.79 Å².